The fraction of sp³-hybridized carbons (Fsp3) is 0.654. The molecule has 8 heteroatoms. The maximum Gasteiger partial charge on any atom is 0.253 e. The van der Waals surface area contributed by atoms with Crippen molar-refractivity contribution in [1.82, 2.24) is 10.2 Å². The van der Waals surface area contributed by atoms with Gasteiger partial charge < -0.3 is 20.7 Å². The summed E-state index contributed by atoms with van der Waals surface area (Å²) in [5, 5.41) is 3.91. The van der Waals surface area contributed by atoms with Crippen LogP contribution in [0.4, 0.5) is 0 Å². The third kappa shape index (κ3) is 4.98. The van der Waals surface area contributed by atoms with Crippen LogP contribution in [-0.2, 0) is 4.79 Å². The van der Waals surface area contributed by atoms with Crippen LogP contribution >= 0.6 is 11.8 Å². The number of thioether (sulfide) groups is 1. The van der Waals surface area contributed by atoms with E-state index in [0.717, 1.165) is 36.3 Å². The Labute approximate surface area is 206 Å². The van der Waals surface area contributed by atoms with Gasteiger partial charge in [-0.3, -0.25) is 14.6 Å². The highest BCUT2D eigenvalue weighted by atomic mass is 32.2. The van der Waals surface area contributed by atoms with Crippen molar-refractivity contribution in [2.24, 2.45) is 28.5 Å². The molecule has 2 amide bonds. The molecule has 2 saturated heterocycles. The van der Waals surface area contributed by atoms with Crippen molar-refractivity contribution < 1.29 is 14.3 Å². The summed E-state index contributed by atoms with van der Waals surface area (Å²) in [6.45, 7) is 4.36. The van der Waals surface area contributed by atoms with E-state index >= 15 is 0 Å². The summed E-state index contributed by atoms with van der Waals surface area (Å²) >= 11 is 1.63. The Morgan fingerprint density at radius 3 is 2.79 bits per heavy atom. The highest BCUT2D eigenvalue weighted by molar-refractivity contribution is 8.16. The van der Waals surface area contributed by atoms with Crippen molar-refractivity contribution in [3.05, 3.63) is 29.8 Å². The molecule has 1 aromatic rings. The molecule has 0 spiro atoms. The van der Waals surface area contributed by atoms with Gasteiger partial charge in [0.15, 0.2) is 5.17 Å². The van der Waals surface area contributed by atoms with Gasteiger partial charge in [-0.1, -0.05) is 24.2 Å². The second kappa shape index (κ2) is 9.90. The number of fused-ring (bicyclic) bond motifs is 2. The average Bonchev–Trinajstić information content (AvgIpc) is 3.53. The highest BCUT2D eigenvalue weighted by Gasteiger charge is 2.46. The van der Waals surface area contributed by atoms with Gasteiger partial charge in [0, 0.05) is 25.2 Å². The molecule has 1 aromatic carbocycles. The lowest BCUT2D eigenvalue weighted by molar-refractivity contribution is -0.121. The Morgan fingerprint density at radius 1 is 1.26 bits per heavy atom. The number of hydrogen-bond acceptors (Lipinski definition) is 6. The van der Waals surface area contributed by atoms with Gasteiger partial charge in [-0.25, -0.2) is 0 Å². The van der Waals surface area contributed by atoms with Crippen molar-refractivity contribution in [2.45, 2.75) is 62.7 Å². The van der Waals surface area contributed by atoms with E-state index in [0.29, 0.717) is 49.5 Å². The number of amides is 2. The Morgan fingerprint density at radius 2 is 2.09 bits per heavy atom. The lowest BCUT2D eigenvalue weighted by Crippen LogP contribution is -2.41. The Kier molecular flexibility index (Phi) is 6.89. The normalized spacial score (nSPS) is 32.4. The monoisotopic (exact) mass is 484 g/mol. The zero-order valence-corrected chi connectivity index (χ0v) is 20.8. The molecule has 2 aliphatic carbocycles. The van der Waals surface area contributed by atoms with E-state index in [1.165, 1.54) is 25.7 Å². The molecule has 4 fully saturated rings. The molecule has 4 atom stereocenters. The van der Waals surface area contributed by atoms with Gasteiger partial charge in [-0.05, 0) is 81.4 Å². The van der Waals surface area contributed by atoms with Crippen LogP contribution in [0.3, 0.4) is 0 Å². The topological polar surface area (TPSA) is 97.0 Å². The first kappa shape index (κ1) is 23.7. The number of likely N-dealkylation sites (tertiary alicyclic amines) is 1. The summed E-state index contributed by atoms with van der Waals surface area (Å²) in [4.78, 5) is 32.8. The maximum absolute atomic E-state index is 13.0. The number of benzene rings is 1. The Bertz CT molecular complexity index is 961. The van der Waals surface area contributed by atoms with E-state index in [-0.39, 0.29) is 11.8 Å². The van der Waals surface area contributed by atoms with Crippen molar-refractivity contribution in [3.8, 4) is 5.75 Å². The number of nitrogens with two attached hydrogens (primary N) is 1. The summed E-state index contributed by atoms with van der Waals surface area (Å²) in [6, 6.07) is 7.72. The number of carbonyl (C=O) groups is 2. The highest BCUT2D eigenvalue weighted by Crippen LogP contribution is 2.47. The van der Waals surface area contributed by atoms with Crippen LogP contribution in [0.5, 0.6) is 5.75 Å². The number of amidine groups is 1. The largest absolute Gasteiger partial charge is 0.492 e. The first-order valence-electron chi connectivity index (χ1n) is 12.7. The number of ether oxygens (including phenoxy) is 1. The van der Waals surface area contributed by atoms with Gasteiger partial charge in [0.1, 0.15) is 12.4 Å². The van der Waals surface area contributed by atoms with Crippen LogP contribution in [-0.4, -0.2) is 58.9 Å². The molecule has 2 heterocycles. The first-order valence-corrected chi connectivity index (χ1v) is 13.6. The third-order valence-corrected chi connectivity index (χ3v) is 9.26. The van der Waals surface area contributed by atoms with E-state index in [1.54, 1.807) is 17.8 Å². The molecule has 3 N–H and O–H groups in total. The summed E-state index contributed by atoms with van der Waals surface area (Å²) in [5.41, 5.74) is 6.15. The van der Waals surface area contributed by atoms with Crippen molar-refractivity contribution in [1.29, 1.82) is 0 Å². The van der Waals surface area contributed by atoms with Gasteiger partial charge in [-0.2, -0.15) is 0 Å². The van der Waals surface area contributed by atoms with E-state index < -0.39 is 4.75 Å². The fourth-order valence-corrected chi connectivity index (χ4v) is 7.42. The predicted molar refractivity (Wildman–Crippen MR) is 135 cm³/mol. The zero-order chi connectivity index (χ0) is 23.7. The molecule has 2 bridgehead atoms. The van der Waals surface area contributed by atoms with Crippen LogP contribution in [0.25, 0.3) is 0 Å². The van der Waals surface area contributed by atoms with Crippen LogP contribution < -0.4 is 15.8 Å². The number of aliphatic imine (C=N–C) groups is 1. The van der Waals surface area contributed by atoms with Crippen LogP contribution in [0, 0.1) is 17.8 Å². The van der Waals surface area contributed by atoms with Gasteiger partial charge in [0.25, 0.3) is 5.91 Å². The Balaban J connectivity index is 1.14. The zero-order valence-electron chi connectivity index (χ0n) is 20.0. The minimum absolute atomic E-state index is 0.0381. The fourth-order valence-electron chi connectivity index (χ4n) is 6.20. The van der Waals surface area contributed by atoms with Crippen molar-refractivity contribution in [2.75, 3.05) is 26.2 Å². The van der Waals surface area contributed by atoms with Gasteiger partial charge in [0.2, 0.25) is 5.91 Å². The third-order valence-electron chi connectivity index (χ3n) is 8.05. The smallest absolute Gasteiger partial charge is 0.253 e. The quantitative estimate of drug-likeness (QED) is 0.618. The molecule has 4 aliphatic rings. The molecule has 0 radical (unpaired) electrons. The lowest BCUT2D eigenvalue weighted by atomic mass is 9.87. The van der Waals surface area contributed by atoms with E-state index in [1.807, 2.05) is 23.1 Å². The molecule has 2 unspecified atom stereocenters. The molecular formula is C26H36N4O3S. The summed E-state index contributed by atoms with van der Waals surface area (Å²) in [7, 11) is 0. The molecule has 2 aliphatic heterocycles. The Hall–Kier alpha value is -2.06. The van der Waals surface area contributed by atoms with Crippen molar-refractivity contribution in [3.63, 3.8) is 0 Å². The standard InChI is InChI=1S/C26H36N4O3S/c1-26(24(32)29-25(34-26)28-22-14-18-5-6-19(22)13-18)16-17-7-10-30(11-8-17)23(31)20-3-2-4-21(15-20)33-12-9-27/h2-4,15,17-19,22H,5-14,16,27H2,1H3,(H,28,29,32)/t18-,19?,22-,26?/m0/s1. The second-order valence-corrected chi connectivity index (χ2v) is 12.1. The number of nitrogens with zero attached hydrogens (tertiary/aromatic N) is 2. The molecule has 7 nitrogen and oxygen atoms in total. The molecular weight excluding hydrogens is 448 g/mol. The minimum atomic E-state index is -0.470. The summed E-state index contributed by atoms with van der Waals surface area (Å²) < 4.78 is 5.09. The lowest BCUT2D eigenvalue weighted by Gasteiger charge is -2.34. The average molecular weight is 485 g/mol. The number of piperidine rings is 1. The summed E-state index contributed by atoms with van der Waals surface area (Å²) in [5.74, 6) is 2.79. The number of hydrogen-bond donors (Lipinski definition) is 2. The second-order valence-electron chi connectivity index (χ2n) is 10.6. The van der Waals surface area contributed by atoms with Crippen LogP contribution in [0.1, 0.15) is 62.2 Å². The number of carbonyl (C=O) groups excluding carboxylic acids is 2. The van der Waals surface area contributed by atoms with E-state index in [9.17, 15) is 9.59 Å². The van der Waals surface area contributed by atoms with Gasteiger partial charge >= 0.3 is 0 Å². The number of rotatable bonds is 7. The molecule has 34 heavy (non-hydrogen) atoms. The molecule has 184 valence electrons. The van der Waals surface area contributed by atoms with E-state index in [2.05, 4.69) is 12.2 Å². The number of nitrogens with one attached hydrogen (secondary N) is 1. The predicted octanol–water partition coefficient (Wildman–Crippen LogP) is 3.43. The summed E-state index contributed by atoms with van der Waals surface area (Å²) in [6.07, 6.45) is 7.82. The SMILES string of the molecule is CC1(CC2CCN(C(=O)c3cccc(OCCN)c3)CC2)SC(=N[C@H]2C[C@H]3CCC2C3)NC1=O. The van der Waals surface area contributed by atoms with Crippen molar-refractivity contribution >= 4 is 28.7 Å². The van der Waals surface area contributed by atoms with Gasteiger partial charge in [0.05, 0.1) is 10.8 Å². The molecule has 0 aromatic heterocycles. The van der Waals surface area contributed by atoms with E-state index in [4.69, 9.17) is 15.5 Å². The molecule has 2 saturated carbocycles. The molecule has 5 rings (SSSR count). The first-order chi connectivity index (χ1) is 16.4. The van der Waals surface area contributed by atoms with Crippen LogP contribution in [0.15, 0.2) is 29.3 Å². The maximum atomic E-state index is 13.0. The minimum Gasteiger partial charge on any atom is -0.492 e. The van der Waals surface area contributed by atoms with Gasteiger partial charge in [-0.15, -0.1) is 0 Å². The van der Waals surface area contributed by atoms with Crippen LogP contribution in [0.2, 0.25) is 0 Å².